The van der Waals surface area contributed by atoms with E-state index in [-0.39, 0.29) is 28.2 Å². The highest BCUT2D eigenvalue weighted by Gasteiger charge is 2.37. The molecule has 0 aliphatic carbocycles. The van der Waals surface area contributed by atoms with E-state index in [4.69, 9.17) is 28.9 Å². The molecule has 0 unspecified atom stereocenters. The number of fused-ring (bicyclic) bond motifs is 4. The Morgan fingerprint density at radius 2 is 2.08 bits per heavy atom. The SMILES string of the molecule is N#Cc1c(N)nc2c(c1-c1c(Cl)ccc(O)c1Cl)[C@H]1CC[C@@H](C2)N1. The van der Waals surface area contributed by atoms with Gasteiger partial charge >= 0.3 is 0 Å². The summed E-state index contributed by atoms with van der Waals surface area (Å²) in [4.78, 5) is 4.46. The van der Waals surface area contributed by atoms with E-state index in [0.29, 0.717) is 22.2 Å². The summed E-state index contributed by atoms with van der Waals surface area (Å²) in [6.07, 6.45) is 2.75. The third-order valence-electron chi connectivity index (χ3n) is 4.80. The number of halogens is 2. The summed E-state index contributed by atoms with van der Waals surface area (Å²) < 4.78 is 0. The van der Waals surface area contributed by atoms with Crippen LogP contribution >= 0.6 is 23.2 Å². The minimum absolute atomic E-state index is 0.0860. The largest absolute Gasteiger partial charge is 0.506 e. The van der Waals surface area contributed by atoms with Crippen molar-refractivity contribution in [1.29, 1.82) is 5.26 Å². The Morgan fingerprint density at radius 3 is 2.83 bits per heavy atom. The van der Waals surface area contributed by atoms with Gasteiger partial charge in [-0.05, 0) is 25.0 Å². The van der Waals surface area contributed by atoms with E-state index >= 15 is 0 Å². The van der Waals surface area contributed by atoms with Gasteiger partial charge in [0.15, 0.2) is 0 Å². The maximum absolute atomic E-state index is 10.0. The summed E-state index contributed by atoms with van der Waals surface area (Å²) in [5.41, 5.74) is 9.11. The molecule has 2 aliphatic rings. The highest BCUT2D eigenvalue weighted by Crippen LogP contribution is 2.48. The molecule has 0 saturated carbocycles. The zero-order valence-corrected chi connectivity index (χ0v) is 14.1. The minimum atomic E-state index is -0.0860. The van der Waals surface area contributed by atoms with Crippen LogP contribution in [0.4, 0.5) is 5.82 Å². The fourth-order valence-electron chi connectivity index (χ4n) is 3.78. The lowest BCUT2D eigenvalue weighted by Gasteiger charge is -2.28. The molecule has 3 heterocycles. The van der Waals surface area contributed by atoms with Crippen LogP contribution in [0.3, 0.4) is 0 Å². The van der Waals surface area contributed by atoms with Gasteiger partial charge in [0.25, 0.3) is 0 Å². The number of nitrogens with zero attached hydrogens (tertiary/aromatic N) is 2. The van der Waals surface area contributed by atoms with Crippen molar-refractivity contribution >= 4 is 29.0 Å². The Hall–Kier alpha value is -2.00. The highest BCUT2D eigenvalue weighted by atomic mass is 35.5. The molecule has 24 heavy (non-hydrogen) atoms. The van der Waals surface area contributed by atoms with Crippen molar-refractivity contribution in [3.8, 4) is 22.9 Å². The van der Waals surface area contributed by atoms with E-state index in [9.17, 15) is 10.4 Å². The Labute approximate surface area is 149 Å². The number of nitrogens with one attached hydrogen (secondary N) is 1. The molecule has 7 heteroatoms. The molecule has 0 spiro atoms. The van der Waals surface area contributed by atoms with Crippen LogP contribution < -0.4 is 11.1 Å². The fourth-order valence-corrected chi connectivity index (χ4v) is 4.34. The number of nitrogen functional groups attached to an aromatic ring is 1. The predicted octanol–water partition coefficient (Wildman–Crippen LogP) is 3.56. The van der Waals surface area contributed by atoms with Gasteiger partial charge in [0.05, 0.1) is 10.0 Å². The van der Waals surface area contributed by atoms with Crippen molar-refractivity contribution in [2.24, 2.45) is 0 Å². The van der Waals surface area contributed by atoms with Crippen molar-refractivity contribution in [2.75, 3.05) is 5.73 Å². The van der Waals surface area contributed by atoms with Crippen LogP contribution in [0.2, 0.25) is 10.0 Å². The highest BCUT2D eigenvalue weighted by molar-refractivity contribution is 6.40. The number of aromatic nitrogens is 1. The lowest BCUT2D eigenvalue weighted by molar-refractivity contribution is 0.475. The molecule has 1 saturated heterocycles. The number of rotatable bonds is 1. The number of phenols is 1. The van der Waals surface area contributed by atoms with Crippen molar-refractivity contribution in [1.82, 2.24) is 10.3 Å². The van der Waals surface area contributed by atoms with Gasteiger partial charge in [-0.25, -0.2) is 4.98 Å². The lowest BCUT2D eigenvalue weighted by atomic mass is 9.87. The van der Waals surface area contributed by atoms with Gasteiger partial charge in [0.2, 0.25) is 0 Å². The third kappa shape index (κ3) is 2.15. The molecule has 1 aromatic carbocycles. The average Bonchev–Trinajstić information content (AvgIpc) is 2.93. The number of nitriles is 1. The first-order valence-corrected chi connectivity index (χ1v) is 8.42. The Morgan fingerprint density at radius 1 is 1.29 bits per heavy atom. The number of nitrogens with two attached hydrogens (primary N) is 1. The molecule has 0 radical (unpaired) electrons. The van der Waals surface area contributed by atoms with Crippen LogP contribution in [0.25, 0.3) is 11.1 Å². The van der Waals surface area contributed by atoms with E-state index in [2.05, 4.69) is 16.4 Å². The fraction of sp³-hybridized carbons (Fsp3) is 0.294. The third-order valence-corrected chi connectivity index (χ3v) is 5.50. The molecule has 2 aromatic rings. The molecule has 4 rings (SSSR count). The van der Waals surface area contributed by atoms with Crippen molar-refractivity contribution < 1.29 is 5.11 Å². The summed E-state index contributed by atoms with van der Waals surface area (Å²) in [5.74, 6) is 0.0835. The van der Waals surface area contributed by atoms with Crippen molar-refractivity contribution in [3.05, 3.63) is 39.0 Å². The molecule has 2 aliphatic heterocycles. The molecule has 1 fully saturated rings. The second-order valence-corrected chi connectivity index (χ2v) is 6.96. The maximum atomic E-state index is 10.0. The van der Waals surface area contributed by atoms with Gasteiger partial charge in [-0.2, -0.15) is 5.26 Å². The first-order valence-electron chi connectivity index (χ1n) is 7.67. The van der Waals surface area contributed by atoms with Crippen LogP contribution in [0.5, 0.6) is 5.75 Å². The number of anilines is 1. The van der Waals surface area contributed by atoms with Crippen LogP contribution in [0, 0.1) is 11.3 Å². The van der Waals surface area contributed by atoms with E-state index in [1.165, 1.54) is 6.07 Å². The summed E-state index contributed by atoms with van der Waals surface area (Å²) in [5, 5.41) is 23.7. The number of pyridine rings is 1. The second kappa shape index (κ2) is 5.52. The van der Waals surface area contributed by atoms with E-state index in [1.807, 2.05) is 0 Å². The van der Waals surface area contributed by atoms with Crippen LogP contribution in [0.15, 0.2) is 12.1 Å². The van der Waals surface area contributed by atoms with E-state index < -0.39 is 0 Å². The molecule has 2 atom stereocenters. The summed E-state index contributed by atoms with van der Waals surface area (Å²) in [6, 6.07) is 5.59. The first-order chi connectivity index (χ1) is 11.5. The standard InChI is InChI=1S/C17H14Cl2N4O/c18-9-2-4-12(24)16(19)14(9)13-8(6-20)17(21)23-11-5-7-1-3-10(22-7)15(11)13/h2,4,7,10,22,24H,1,3,5H2,(H2,21,23)/t7-,10+/m0/s1. The van der Waals surface area contributed by atoms with Gasteiger partial charge < -0.3 is 16.2 Å². The van der Waals surface area contributed by atoms with Crippen LogP contribution in [-0.2, 0) is 6.42 Å². The maximum Gasteiger partial charge on any atom is 0.142 e. The summed E-state index contributed by atoms with van der Waals surface area (Å²) >= 11 is 12.7. The predicted molar refractivity (Wildman–Crippen MR) is 93.1 cm³/mol. The lowest BCUT2D eigenvalue weighted by Crippen LogP contribution is -2.33. The van der Waals surface area contributed by atoms with Crippen LogP contribution in [-0.4, -0.2) is 16.1 Å². The van der Waals surface area contributed by atoms with Gasteiger partial charge in [-0.15, -0.1) is 0 Å². The summed E-state index contributed by atoms with van der Waals surface area (Å²) in [7, 11) is 0. The quantitative estimate of drug-likeness (QED) is 0.722. The first kappa shape index (κ1) is 15.5. The molecule has 122 valence electrons. The Balaban J connectivity index is 2.11. The zero-order chi connectivity index (χ0) is 17.0. The number of hydrogen-bond donors (Lipinski definition) is 3. The molecular weight excluding hydrogens is 347 g/mol. The smallest absolute Gasteiger partial charge is 0.142 e. The second-order valence-electron chi connectivity index (χ2n) is 6.17. The molecule has 5 nitrogen and oxygen atoms in total. The topological polar surface area (TPSA) is 95.0 Å². The average molecular weight is 361 g/mol. The Bertz CT molecular complexity index is 907. The number of phenolic OH excluding ortho intramolecular Hbond substituents is 1. The van der Waals surface area contributed by atoms with Crippen molar-refractivity contribution in [3.63, 3.8) is 0 Å². The zero-order valence-electron chi connectivity index (χ0n) is 12.6. The monoisotopic (exact) mass is 360 g/mol. The summed E-state index contributed by atoms with van der Waals surface area (Å²) in [6.45, 7) is 0. The number of hydrogen-bond acceptors (Lipinski definition) is 5. The molecule has 4 N–H and O–H groups in total. The van der Waals surface area contributed by atoms with Gasteiger partial charge in [0.1, 0.15) is 23.2 Å². The van der Waals surface area contributed by atoms with Gasteiger partial charge in [-0.3, -0.25) is 0 Å². The Kier molecular flexibility index (Phi) is 3.57. The normalized spacial score (nSPS) is 21.4. The van der Waals surface area contributed by atoms with Crippen molar-refractivity contribution in [2.45, 2.75) is 31.3 Å². The van der Waals surface area contributed by atoms with E-state index in [0.717, 1.165) is 30.5 Å². The van der Waals surface area contributed by atoms with Gasteiger partial charge in [0, 0.05) is 40.9 Å². The molecule has 0 amide bonds. The van der Waals surface area contributed by atoms with Crippen LogP contribution in [0.1, 0.15) is 35.7 Å². The molecular formula is C17H14Cl2N4O. The van der Waals surface area contributed by atoms with E-state index in [1.54, 1.807) is 6.07 Å². The molecule has 1 aromatic heterocycles. The van der Waals surface area contributed by atoms with Gasteiger partial charge in [-0.1, -0.05) is 23.2 Å². The molecule has 2 bridgehead atoms. The number of benzene rings is 1. The number of aromatic hydroxyl groups is 1. The minimum Gasteiger partial charge on any atom is -0.506 e.